The number of ether oxygens (including phenoxy) is 1. The molecule has 6 nitrogen and oxygen atoms in total. The maximum atomic E-state index is 14.0. The molecule has 1 aliphatic heterocycles. The molecule has 0 N–H and O–H groups in total. The van der Waals surface area contributed by atoms with Gasteiger partial charge < -0.3 is 9.30 Å². The van der Waals surface area contributed by atoms with Crippen molar-refractivity contribution in [1.29, 1.82) is 0 Å². The molecule has 0 fully saturated rings. The van der Waals surface area contributed by atoms with Crippen LogP contribution in [-0.4, -0.2) is 21.7 Å². The van der Waals surface area contributed by atoms with E-state index in [1.165, 1.54) is 16.9 Å². The van der Waals surface area contributed by atoms with Crippen LogP contribution in [-0.2, 0) is 9.53 Å². The molecule has 5 rings (SSSR count). The lowest BCUT2D eigenvalue weighted by Crippen LogP contribution is -2.39. The third-order valence-corrected chi connectivity index (χ3v) is 8.19. The summed E-state index contributed by atoms with van der Waals surface area (Å²) in [5.74, 6) is -0.0740. The van der Waals surface area contributed by atoms with Crippen molar-refractivity contribution in [2.24, 2.45) is 4.99 Å². The second kappa shape index (κ2) is 10.7. The minimum absolute atomic E-state index is 0.171. The van der Waals surface area contributed by atoms with Crippen molar-refractivity contribution >= 4 is 23.4 Å². The fraction of sp³-hybridized carbons (Fsp3) is 0.281. The van der Waals surface area contributed by atoms with Crippen molar-refractivity contribution in [3.63, 3.8) is 0 Å². The van der Waals surface area contributed by atoms with Crippen LogP contribution in [0.5, 0.6) is 0 Å². The number of para-hydroxylation sites is 1. The molecule has 0 spiro atoms. The predicted octanol–water partition coefficient (Wildman–Crippen LogP) is 5.33. The third-order valence-electron chi connectivity index (χ3n) is 7.21. The topological polar surface area (TPSA) is 65.6 Å². The van der Waals surface area contributed by atoms with Crippen LogP contribution in [0.3, 0.4) is 0 Å². The number of rotatable bonds is 6. The van der Waals surface area contributed by atoms with Crippen molar-refractivity contribution in [3.05, 3.63) is 120 Å². The van der Waals surface area contributed by atoms with Crippen LogP contribution in [0, 0.1) is 13.8 Å². The third kappa shape index (κ3) is 4.83. The standard InChI is InChI=1S/C32H33N3O3S/c1-7-38-31(37)28-21(5)33-32-35(29(28)24-15-13-23(14-16-24)19(2)3)30(36)27(39-32)18-25-17-20(4)34(22(25)6)26-11-9-8-10-12-26/h8-19,29H,7H2,1-6H3/b27-18-/t29-/m1/s1. The Hall–Kier alpha value is -3.97. The number of esters is 1. The van der Waals surface area contributed by atoms with Gasteiger partial charge in [0.1, 0.15) is 0 Å². The normalized spacial score (nSPS) is 15.5. The van der Waals surface area contributed by atoms with Crippen LogP contribution in [0.25, 0.3) is 11.8 Å². The van der Waals surface area contributed by atoms with E-state index in [1.807, 2.05) is 43.3 Å². The highest BCUT2D eigenvalue weighted by atomic mass is 32.1. The quantitative estimate of drug-likeness (QED) is 0.311. The van der Waals surface area contributed by atoms with Gasteiger partial charge >= 0.3 is 5.97 Å². The summed E-state index contributed by atoms with van der Waals surface area (Å²) in [4.78, 5) is 32.4. The lowest BCUT2D eigenvalue weighted by molar-refractivity contribution is -0.139. The summed E-state index contributed by atoms with van der Waals surface area (Å²) in [5.41, 5.74) is 7.03. The van der Waals surface area contributed by atoms with Crippen molar-refractivity contribution in [2.75, 3.05) is 6.61 Å². The highest BCUT2D eigenvalue weighted by molar-refractivity contribution is 7.07. The van der Waals surface area contributed by atoms with Crippen LogP contribution >= 0.6 is 11.3 Å². The van der Waals surface area contributed by atoms with E-state index in [0.29, 0.717) is 26.5 Å². The van der Waals surface area contributed by atoms with E-state index < -0.39 is 12.0 Å². The fourth-order valence-electron chi connectivity index (χ4n) is 5.22. The Balaban J connectivity index is 1.69. The Kier molecular flexibility index (Phi) is 7.28. The molecule has 0 radical (unpaired) electrons. The van der Waals surface area contributed by atoms with E-state index in [2.05, 4.69) is 62.6 Å². The molecule has 0 aliphatic carbocycles. The number of carbonyl (C=O) groups is 1. The van der Waals surface area contributed by atoms with Crippen molar-refractivity contribution in [3.8, 4) is 5.69 Å². The van der Waals surface area contributed by atoms with E-state index in [1.54, 1.807) is 11.5 Å². The number of fused-ring (bicyclic) bond motifs is 1. The lowest BCUT2D eigenvalue weighted by atomic mass is 9.93. The highest BCUT2D eigenvalue weighted by Crippen LogP contribution is 2.31. The van der Waals surface area contributed by atoms with Crippen LogP contribution < -0.4 is 14.9 Å². The molecule has 2 aromatic carbocycles. The molecule has 0 saturated carbocycles. The minimum atomic E-state index is -0.611. The molecule has 7 heteroatoms. The van der Waals surface area contributed by atoms with Crippen LogP contribution in [0.15, 0.2) is 81.7 Å². The number of benzene rings is 2. The number of nitrogens with zero attached hydrogens (tertiary/aromatic N) is 3. The molecule has 0 saturated heterocycles. The first-order valence-electron chi connectivity index (χ1n) is 13.2. The average Bonchev–Trinajstić information content (AvgIpc) is 3.37. The first-order chi connectivity index (χ1) is 18.7. The first kappa shape index (κ1) is 26.6. The average molecular weight is 540 g/mol. The van der Waals surface area contributed by atoms with Crippen molar-refractivity contribution in [2.45, 2.75) is 53.5 Å². The van der Waals surface area contributed by atoms with Gasteiger partial charge in [-0.2, -0.15) is 0 Å². The zero-order valence-electron chi connectivity index (χ0n) is 23.2. The van der Waals surface area contributed by atoms with Gasteiger partial charge in [-0.1, -0.05) is 67.6 Å². The maximum absolute atomic E-state index is 14.0. The number of hydrogen-bond acceptors (Lipinski definition) is 5. The van der Waals surface area contributed by atoms with Crippen LogP contribution in [0.2, 0.25) is 0 Å². The fourth-order valence-corrected chi connectivity index (χ4v) is 6.26. The number of carbonyl (C=O) groups excluding carboxylic acids is 1. The summed E-state index contributed by atoms with van der Waals surface area (Å²) in [6, 6.07) is 19.8. The lowest BCUT2D eigenvalue weighted by Gasteiger charge is -2.25. The molecule has 39 heavy (non-hydrogen) atoms. The molecule has 0 unspecified atom stereocenters. The minimum Gasteiger partial charge on any atom is -0.463 e. The van der Waals surface area contributed by atoms with Crippen molar-refractivity contribution in [1.82, 2.24) is 9.13 Å². The second-order valence-electron chi connectivity index (χ2n) is 10.1. The number of hydrogen-bond donors (Lipinski definition) is 0. The van der Waals surface area contributed by atoms with Gasteiger partial charge in [-0.05, 0) is 74.6 Å². The van der Waals surface area contributed by atoms with Gasteiger partial charge in [-0.15, -0.1) is 0 Å². The van der Waals surface area contributed by atoms with Gasteiger partial charge in [0, 0.05) is 17.1 Å². The maximum Gasteiger partial charge on any atom is 0.338 e. The summed E-state index contributed by atoms with van der Waals surface area (Å²) < 4.78 is 9.82. The Morgan fingerprint density at radius 1 is 1.08 bits per heavy atom. The van der Waals surface area contributed by atoms with E-state index in [-0.39, 0.29) is 12.2 Å². The summed E-state index contributed by atoms with van der Waals surface area (Å²) in [6.07, 6.45) is 1.94. The second-order valence-corrected chi connectivity index (χ2v) is 11.1. The molecule has 0 bridgehead atoms. The summed E-state index contributed by atoms with van der Waals surface area (Å²) >= 11 is 1.35. The zero-order chi connectivity index (χ0) is 27.8. The number of thiazole rings is 1. The smallest absolute Gasteiger partial charge is 0.338 e. The van der Waals surface area contributed by atoms with Crippen molar-refractivity contribution < 1.29 is 9.53 Å². The predicted molar refractivity (Wildman–Crippen MR) is 156 cm³/mol. The van der Waals surface area contributed by atoms with E-state index in [9.17, 15) is 9.59 Å². The Morgan fingerprint density at radius 2 is 1.77 bits per heavy atom. The number of aromatic nitrogens is 2. The van der Waals surface area contributed by atoms with E-state index in [4.69, 9.17) is 9.73 Å². The molecular weight excluding hydrogens is 506 g/mol. The number of allylic oxidation sites excluding steroid dienone is 1. The summed E-state index contributed by atoms with van der Waals surface area (Å²) in [6.45, 7) is 12.2. The molecule has 0 amide bonds. The Bertz CT molecular complexity index is 1750. The van der Waals surface area contributed by atoms with Gasteiger partial charge in [-0.3, -0.25) is 9.36 Å². The molecule has 2 aromatic heterocycles. The Morgan fingerprint density at radius 3 is 2.41 bits per heavy atom. The molecular formula is C32H33N3O3S. The van der Waals surface area contributed by atoms with Crippen LogP contribution in [0.4, 0.5) is 0 Å². The highest BCUT2D eigenvalue weighted by Gasteiger charge is 2.33. The molecule has 3 heterocycles. The monoisotopic (exact) mass is 539 g/mol. The summed E-state index contributed by atoms with van der Waals surface area (Å²) in [5, 5.41) is 0. The van der Waals surface area contributed by atoms with Gasteiger partial charge in [0.05, 0.1) is 28.5 Å². The first-order valence-corrected chi connectivity index (χ1v) is 14.1. The van der Waals surface area contributed by atoms with E-state index >= 15 is 0 Å². The van der Waals surface area contributed by atoms with Gasteiger partial charge in [0.15, 0.2) is 4.80 Å². The largest absolute Gasteiger partial charge is 0.463 e. The van der Waals surface area contributed by atoms with Gasteiger partial charge in [-0.25, -0.2) is 9.79 Å². The van der Waals surface area contributed by atoms with Crippen LogP contribution in [0.1, 0.15) is 67.7 Å². The molecule has 1 aliphatic rings. The molecule has 1 atom stereocenters. The Labute approximate surface area is 232 Å². The van der Waals surface area contributed by atoms with E-state index in [0.717, 1.165) is 28.2 Å². The van der Waals surface area contributed by atoms with Gasteiger partial charge in [0.25, 0.3) is 5.56 Å². The SMILES string of the molecule is CCOC(=O)C1=C(C)N=c2s/c(=C\c3cc(C)n(-c4ccccc4)c3C)c(=O)n2[C@@H]1c1ccc(C(C)C)cc1. The molecule has 4 aromatic rings. The summed E-state index contributed by atoms with van der Waals surface area (Å²) in [7, 11) is 0. The molecule has 200 valence electrons. The zero-order valence-corrected chi connectivity index (χ0v) is 24.0. The number of aryl methyl sites for hydroxylation is 1. The van der Waals surface area contributed by atoms with Gasteiger partial charge in [0.2, 0.25) is 0 Å².